The highest BCUT2D eigenvalue weighted by atomic mass is 32.2. The molecule has 7 aromatic rings. The molecular formula is C42H46N2S7. The molecule has 266 valence electrons. The fourth-order valence-electron chi connectivity index (χ4n) is 6.62. The molecule has 0 aromatic carbocycles. The molecule has 51 heavy (non-hydrogen) atoms. The fraction of sp³-hybridized carbons (Fsp3) is 0.333. The third-order valence-electron chi connectivity index (χ3n) is 9.31. The Kier molecular flexibility index (Phi) is 12.9. The highest BCUT2D eigenvalue weighted by Crippen LogP contribution is 2.45. The van der Waals surface area contributed by atoms with Crippen LogP contribution in [0.1, 0.15) is 65.2 Å². The Labute approximate surface area is 332 Å². The average molecular weight is 803 g/mol. The lowest BCUT2D eigenvalue weighted by atomic mass is 10.2. The second-order valence-corrected chi connectivity index (χ2v) is 20.4. The van der Waals surface area contributed by atoms with E-state index in [0.717, 1.165) is 13.1 Å². The predicted molar refractivity (Wildman–Crippen MR) is 236 cm³/mol. The minimum Gasteiger partial charge on any atom is -0.339 e. The summed E-state index contributed by atoms with van der Waals surface area (Å²) in [4.78, 5) is 10.9. The lowest BCUT2D eigenvalue weighted by Crippen LogP contribution is -2.01. The molecule has 2 nitrogen and oxygen atoms in total. The van der Waals surface area contributed by atoms with Gasteiger partial charge in [0.1, 0.15) is 0 Å². The van der Waals surface area contributed by atoms with Gasteiger partial charge in [0.25, 0.3) is 0 Å². The number of aromatic nitrogens is 2. The molecule has 0 bridgehead atoms. The summed E-state index contributed by atoms with van der Waals surface area (Å²) < 4.78 is 7.91. The number of hydrogen-bond donors (Lipinski definition) is 0. The largest absolute Gasteiger partial charge is 0.339 e. The van der Waals surface area contributed by atoms with Gasteiger partial charge >= 0.3 is 0 Å². The van der Waals surface area contributed by atoms with Crippen molar-refractivity contribution in [1.29, 1.82) is 0 Å². The summed E-state index contributed by atoms with van der Waals surface area (Å²) in [6.45, 7) is 6.72. The van der Waals surface area contributed by atoms with Crippen LogP contribution in [0.3, 0.4) is 0 Å². The van der Waals surface area contributed by atoms with Gasteiger partial charge in [-0.25, -0.2) is 0 Å². The second-order valence-electron chi connectivity index (χ2n) is 12.8. The quantitative estimate of drug-likeness (QED) is 0.0632. The summed E-state index contributed by atoms with van der Waals surface area (Å²) in [5, 5.41) is 0. The Bertz CT molecular complexity index is 1990. The van der Waals surface area contributed by atoms with Crippen LogP contribution in [0.25, 0.3) is 61.8 Å². The third kappa shape index (κ3) is 8.45. The summed E-state index contributed by atoms with van der Waals surface area (Å²) >= 11 is 13.3. The molecular weight excluding hydrogens is 757 g/mol. The molecule has 0 aliphatic carbocycles. The van der Waals surface area contributed by atoms with E-state index in [9.17, 15) is 0 Å². The van der Waals surface area contributed by atoms with Gasteiger partial charge < -0.3 is 9.13 Å². The molecule has 0 spiro atoms. The van der Waals surface area contributed by atoms with Gasteiger partial charge in [0, 0.05) is 32.6 Å². The van der Waals surface area contributed by atoms with Crippen molar-refractivity contribution in [3.8, 4) is 61.8 Å². The first-order chi connectivity index (χ1) is 25.1. The minimum absolute atomic E-state index is 1.07. The van der Waals surface area contributed by atoms with Crippen LogP contribution in [-0.4, -0.2) is 21.6 Å². The van der Waals surface area contributed by atoms with Gasteiger partial charge in [0.2, 0.25) is 0 Å². The Hall–Kier alpha value is -2.24. The SMILES string of the molecule is CCCCCCn1c(-c2ccc(SC)s2)ccc1-c1ccc(-c2ccc(-c3ccc(-c4ccc(-c5ccc(SC)s5)n4CCCCCC)s3)s2)s1. The van der Waals surface area contributed by atoms with Crippen LogP contribution < -0.4 is 0 Å². The molecule has 0 atom stereocenters. The standard InChI is InChI=1S/C42H46N2S7/c1-5-7-9-11-27-43-29(13-15-31(43)35-23-25-41(45-3)50-35)33-17-19-37(47-33)39-21-22-40(49-39)38-20-18-34(48-38)30-14-16-32(36-24-26-42(46-4)51-36)44(30)28-12-10-8-6-2/h13-26H,5-12,27-28H2,1-4H3. The summed E-state index contributed by atoms with van der Waals surface area (Å²) in [7, 11) is 0. The maximum absolute atomic E-state index is 2.58. The van der Waals surface area contributed by atoms with Gasteiger partial charge in [-0.1, -0.05) is 52.4 Å². The summed E-state index contributed by atoms with van der Waals surface area (Å²) in [5.74, 6) is 0. The van der Waals surface area contributed by atoms with Crippen molar-refractivity contribution in [1.82, 2.24) is 9.13 Å². The third-order valence-corrected chi connectivity index (χ3v) is 17.4. The van der Waals surface area contributed by atoms with Crippen LogP contribution in [0, 0.1) is 0 Å². The first-order valence-corrected chi connectivity index (χ1v) is 24.6. The molecule has 0 unspecified atom stereocenters. The zero-order chi connectivity index (χ0) is 35.2. The summed E-state index contributed by atoms with van der Waals surface area (Å²) in [5.41, 5.74) is 5.41. The topological polar surface area (TPSA) is 9.86 Å². The fourth-order valence-corrected chi connectivity index (χ4v) is 13.0. The van der Waals surface area contributed by atoms with Crippen molar-refractivity contribution in [2.45, 2.75) is 86.7 Å². The highest BCUT2D eigenvalue weighted by molar-refractivity contribution is 8.00. The van der Waals surface area contributed by atoms with Crippen LogP contribution in [-0.2, 0) is 13.1 Å². The lowest BCUT2D eigenvalue weighted by molar-refractivity contribution is 0.591. The van der Waals surface area contributed by atoms with Crippen LogP contribution in [0.15, 0.2) is 93.3 Å². The molecule has 7 rings (SSSR count). The Balaban J connectivity index is 1.13. The van der Waals surface area contributed by atoms with Crippen molar-refractivity contribution in [3.63, 3.8) is 0 Å². The maximum atomic E-state index is 2.58. The first-order valence-electron chi connectivity index (χ1n) is 18.1. The van der Waals surface area contributed by atoms with E-state index < -0.39 is 0 Å². The number of hydrogen-bond acceptors (Lipinski definition) is 7. The molecule has 7 heterocycles. The molecule has 0 saturated heterocycles. The van der Waals surface area contributed by atoms with Crippen LogP contribution in [0.4, 0.5) is 0 Å². The van der Waals surface area contributed by atoms with E-state index in [2.05, 4.69) is 120 Å². The van der Waals surface area contributed by atoms with Gasteiger partial charge in [-0.05, 0) is 110 Å². The number of rotatable bonds is 18. The van der Waals surface area contributed by atoms with Crippen molar-refractivity contribution in [2.24, 2.45) is 0 Å². The number of nitrogens with zero attached hydrogens (tertiary/aromatic N) is 2. The van der Waals surface area contributed by atoms with Gasteiger partial charge in [0.15, 0.2) is 0 Å². The molecule has 0 fully saturated rings. The van der Waals surface area contributed by atoms with Crippen LogP contribution in [0.2, 0.25) is 0 Å². The van der Waals surface area contributed by atoms with E-state index in [4.69, 9.17) is 0 Å². The van der Waals surface area contributed by atoms with Crippen molar-refractivity contribution in [3.05, 3.63) is 84.9 Å². The lowest BCUT2D eigenvalue weighted by Gasteiger charge is -2.12. The Morgan fingerprint density at radius 2 is 0.686 bits per heavy atom. The van der Waals surface area contributed by atoms with Gasteiger partial charge in [0.05, 0.1) is 50.7 Å². The Morgan fingerprint density at radius 3 is 1.02 bits per heavy atom. The normalized spacial score (nSPS) is 11.7. The highest BCUT2D eigenvalue weighted by Gasteiger charge is 2.18. The van der Waals surface area contributed by atoms with E-state index in [1.807, 2.05) is 80.2 Å². The summed E-state index contributed by atoms with van der Waals surface area (Å²) in [6, 6.07) is 32.5. The van der Waals surface area contributed by atoms with E-state index >= 15 is 0 Å². The smallest absolute Gasteiger partial charge is 0.0603 e. The van der Waals surface area contributed by atoms with E-state index in [-0.39, 0.29) is 0 Å². The van der Waals surface area contributed by atoms with E-state index in [1.165, 1.54) is 122 Å². The predicted octanol–water partition coefficient (Wildman–Crippen LogP) is 16.2. The number of unbranched alkanes of at least 4 members (excludes halogenated alkanes) is 6. The van der Waals surface area contributed by atoms with Crippen LogP contribution >= 0.6 is 80.2 Å². The zero-order valence-corrected chi connectivity index (χ0v) is 35.6. The minimum atomic E-state index is 1.07. The van der Waals surface area contributed by atoms with Crippen molar-refractivity contribution >= 4 is 80.2 Å². The summed E-state index contributed by atoms with van der Waals surface area (Å²) in [6.07, 6.45) is 14.5. The molecule has 0 amide bonds. The van der Waals surface area contributed by atoms with Gasteiger partial charge in [-0.15, -0.1) is 80.2 Å². The number of thioether (sulfide) groups is 2. The van der Waals surface area contributed by atoms with Crippen molar-refractivity contribution in [2.75, 3.05) is 12.5 Å². The molecule has 0 aliphatic rings. The molecule has 7 aromatic heterocycles. The molecule has 0 aliphatic heterocycles. The van der Waals surface area contributed by atoms with E-state index in [0.29, 0.717) is 0 Å². The maximum Gasteiger partial charge on any atom is 0.0603 e. The monoisotopic (exact) mass is 802 g/mol. The van der Waals surface area contributed by atoms with Gasteiger partial charge in [-0.3, -0.25) is 0 Å². The Morgan fingerprint density at radius 1 is 0.373 bits per heavy atom. The van der Waals surface area contributed by atoms with E-state index in [1.54, 1.807) is 0 Å². The zero-order valence-electron chi connectivity index (χ0n) is 29.9. The molecule has 0 saturated carbocycles. The van der Waals surface area contributed by atoms with Crippen LogP contribution in [0.5, 0.6) is 0 Å². The van der Waals surface area contributed by atoms with Crippen molar-refractivity contribution < 1.29 is 0 Å². The number of thiophene rings is 5. The second kappa shape index (κ2) is 17.7. The average Bonchev–Trinajstić information content (AvgIpc) is 4.00. The first kappa shape index (κ1) is 37.1. The van der Waals surface area contributed by atoms with Gasteiger partial charge in [-0.2, -0.15) is 0 Å². The molecule has 0 radical (unpaired) electrons. The molecule has 0 N–H and O–H groups in total. The molecule has 9 heteroatoms.